The summed E-state index contributed by atoms with van der Waals surface area (Å²) in [5, 5.41) is 0. The smallest absolute Gasteiger partial charge is 0.0177 e. The van der Waals surface area contributed by atoms with Crippen molar-refractivity contribution in [2.24, 2.45) is 17.1 Å². The fourth-order valence-electron chi connectivity index (χ4n) is 1.17. The number of nitrogens with two attached hydrogens (primary N) is 1. The molecule has 0 aliphatic rings. The van der Waals surface area contributed by atoms with Gasteiger partial charge >= 0.3 is 0 Å². The summed E-state index contributed by atoms with van der Waals surface area (Å²) < 4.78 is 0. The molecule has 0 saturated heterocycles. The van der Waals surface area contributed by atoms with Gasteiger partial charge in [-0.25, -0.2) is 0 Å². The summed E-state index contributed by atoms with van der Waals surface area (Å²) >= 11 is 0. The molecule has 0 fully saturated rings. The fourth-order valence-corrected chi connectivity index (χ4v) is 1.17. The highest BCUT2D eigenvalue weighted by Crippen LogP contribution is 2.33. The van der Waals surface area contributed by atoms with Crippen LogP contribution in [-0.2, 0) is 0 Å². The Balaban J connectivity index is 4.22. The van der Waals surface area contributed by atoms with Crippen molar-refractivity contribution in [2.45, 2.75) is 59.9 Å². The average Bonchev–Trinajstić information content (AvgIpc) is 1.84. The van der Waals surface area contributed by atoms with Gasteiger partial charge in [-0.15, -0.1) is 0 Å². The average molecular weight is 171 g/mol. The van der Waals surface area contributed by atoms with E-state index in [1.54, 1.807) is 0 Å². The Morgan fingerprint density at radius 1 is 1.17 bits per heavy atom. The summed E-state index contributed by atoms with van der Waals surface area (Å²) in [5.41, 5.74) is 6.44. The number of rotatable bonds is 3. The lowest BCUT2D eigenvalue weighted by Crippen LogP contribution is -2.49. The van der Waals surface area contributed by atoms with Crippen LogP contribution >= 0.6 is 0 Å². The predicted octanol–water partition coefficient (Wildman–Crippen LogP) is 3.19. The minimum absolute atomic E-state index is 0.0393. The molecule has 0 aliphatic heterocycles. The molecule has 0 aliphatic carbocycles. The second-order valence-corrected chi connectivity index (χ2v) is 5.39. The van der Waals surface area contributed by atoms with Crippen LogP contribution in [0.25, 0.3) is 0 Å². The lowest BCUT2D eigenvalue weighted by Gasteiger charge is -2.40. The lowest BCUT2D eigenvalue weighted by molar-refractivity contribution is 0.170. The topological polar surface area (TPSA) is 26.0 Å². The molecule has 0 aromatic heterocycles. The quantitative estimate of drug-likeness (QED) is 0.693. The molecule has 1 nitrogen and oxygen atoms in total. The predicted molar refractivity (Wildman–Crippen MR) is 56.1 cm³/mol. The summed E-state index contributed by atoms with van der Waals surface area (Å²) in [5.74, 6) is 0.735. The monoisotopic (exact) mass is 171 g/mol. The zero-order chi connectivity index (χ0) is 9.99. The zero-order valence-electron chi connectivity index (χ0n) is 9.57. The molecule has 0 aromatic carbocycles. The van der Waals surface area contributed by atoms with Crippen molar-refractivity contribution in [3.8, 4) is 0 Å². The van der Waals surface area contributed by atoms with E-state index in [9.17, 15) is 0 Å². The standard InChI is InChI=1S/C11H25N/c1-7-9(2)8-11(6,12)10(3,4)5/h9H,7-8,12H2,1-6H3. The Morgan fingerprint density at radius 2 is 1.58 bits per heavy atom. The Kier molecular flexibility index (Phi) is 3.77. The van der Waals surface area contributed by atoms with Gasteiger partial charge in [0.05, 0.1) is 0 Å². The Bertz CT molecular complexity index is 130. The van der Waals surface area contributed by atoms with E-state index in [1.807, 2.05) is 0 Å². The van der Waals surface area contributed by atoms with E-state index in [0.717, 1.165) is 12.3 Å². The van der Waals surface area contributed by atoms with E-state index in [4.69, 9.17) is 5.73 Å². The van der Waals surface area contributed by atoms with Gasteiger partial charge in [-0.1, -0.05) is 41.0 Å². The summed E-state index contributed by atoms with van der Waals surface area (Å²) in [4.78, 5) is 0. The summed E-state index contributed by atoms with van der Waals surface area (Å²) in [6.07, 6.45) is 2.34. The second kappa shape index (κ2) is 3.78. The molecule has 2 N–H and O–H groups in total. The Labute approximate surface area is 77.7 Å². The van der Waals surface area contributed by atoms with Crippen LogP contribution in [0.2, 0.25) is 0 Å². The van der Waals surface area contributed by atoms with Gasteiger partial charge in [-0.05, 0) is 24.7 Å². The van der Waals surface area contributed by atoms with Gasteiger partial charge in [0.15, 0.2) is 0 Å². The maximum absolute atomic E-state index is 6.27. The van der Waals surface area contributed by atoms with Gasteiger partial charge in [-0.2, -0.15) is 0 Å². The first kappa shape index (κ1) is 12.0. The summed E-state index contributed by atoms with van der Waals surface area (Å²) in [6, 6.07) is 0. The second-order valence-electron chi connectivity index (χ2n) is 5.39. The van der Waals surface area contributed by atoms with Crippen molar-refractivity contribution in [1.29, 1.82) is 0 Å². The molecule has 0 spiro atoms. The van der Waals surface area contributed by atoms with Gasteiger partial charge in [0, 0.05) is 5.54 Å². The third-order valence-corrected chi connectivity index (χ3v) is 3.18. The van der Waals surface area contributed by atoms with Crippen LogP contribution in [0.3, 0.4) is 0 Å². The molecule has 0 saturated carbocycles. The van der Waals surface area contributed by atoms with Crippen LogP contribution < -0.4 is 5.73 Å². The van der Waals surface area contributed by atoms with Gasteiger partial charge in [-0.3, -0.25) is 0 Å². The summed E-state index contributed by atoms with van der Waals surface area (Å²) in [6.45, 7) is 13.3. The third-order valence-electron chi connectivity index (χ3n) is 3.18. The first-order chi connectivity index (χ1) is 5.20. The van der Waals surface area contributed by atoms with Gasteiger partial charge in [0.25, 0.3) is 0 Å². The molecule has 0 bridgehead atoms. The van der Waals surface area contributed by atoms with Crippen molar-refractivity contribution in [2.75, 3.05) is 0 Å². The maximum Gasteiger partial charge on any atom is 0.0177 e. The Morgan fingerprint density at radius 3 is 1.83 bits per heavy atom. The van der Waals surface area contributed by atoms with Gasteiger partial charge in [0.1, 0.15) is 0 Å². The fraction of sp³-hybridized carbons (Fsp3) is 1.00. The first-order valence-electron chi connectivity index (χ1n) is 4.99. The van der Waals surface area contributed by atoms with Crippen LogP contribution in [0.5, 0.6) is 0 Å². The molecule has 2 atom stereocenters. The van der Waals surface area contributed by atoms with Crippen molar-refractivity contribution >= 4 is 0 Å². The minimum atomic E-state index is -0.0393. The van der Waals surface area contributed by atoms with Crippen molar-refractivity contribution in [1.82, 2.24) is 0 Å². The Hall–Kier alpha value is -0.0400. The van der Waals surface area contributed by atoms with Crippen molar-refractivity contribution < 1.29 is 0 Å². The van der Waals surface area contributed by atoms with Gasteiger partial charge in [0.2, 0.25) is 0 Å². The highest BCUT2D eigenvalue weighted by molar-refractivity contribution is 4.91. The SMILES string of the molecule is CCC(C)CC(C)(N)C(C)(C)C. The normalized spacial score (nSPS) is 20.2. The van der Waals surface area contributed by atoms with Crippen LogP contribution in [0.15, 0.2) is 0 Å². The molecular formula is C11H25N. The van der Waals surface area contributed by atoms with E-state index in [1.165, 1.54) is 6.42 Å². The van der Waals surface area contributed by atoms with Crippen molar-refractivity contribution in [3.63, 3.8) is 0 Å². The van der Waals surface area contributed by atoms with Gasteiger partial charge < -0.3 is 5.73 Å². The molecule has 0 radical (unpaired) electrons. The van der Waals surface area contributed by atoms with E-state index >= 15 is 0 Å². The lowest BCUT2D eigenvalue weighted by atomic mass is 9.71. The van der Waals surface area contributed by atoms with Crippen LogP contribution in [0.4, 0.5) is 0 Å². The van der Waals surface area contributed by atoms with E-state index < -0.39 is 0 Å². The number of hydrogen-bond donors (Lipinski definition) is 1. The third kappa shape index (κ3) is 3.14. The van der Waals surface area contributed by atoms with Crippen LogP contribution in [0.1, 0.15) is 54.4 Å². The number of hydrogen-bond acceptors (Lipinski definition) is 1. The van der Waals surface area contributed by atoms with Crippen LogP contribution in [-0.4, -0.2) is 5.54 Å². The molecule has 74 valence electrons. The van der Waals surface area contributed by atoms with Crippen molar-refractivity contribution in [3.05, 3.63) is 0 Å². The highest BCUT2D eigenvalue weighted by Gasteiger charge is 2.33. The first-order valence-corrected chi connectivity index (χ1v) is 4.99. The molecule has 12 heavy (non-hydrogen) atoms. The maximum atomic E-state index is 6.27. The highest BCUT2D eigenvalue weighted by atomic mass is 14.8. The minimum Gasteiger partial charge on any atom is -0.325 e. The molecule has 2 unspecified atom stereocenters. The molecule has 0 aromatic rings. The van der Waals surface area contributed by atoms with E-state index in [0.29, 0.717) is 0 Å². The molecule has 0 rings (SSSR count). The van der Waals surface area contributed by atoms with E-state index in [-0.39, 0.29) is 11.0 Å². The molecule has 1 heteroatoms. The molecular weight excluding hydrogens is 146 g/mol. The zero-order valence-corrected chi connectivity index (χ0v) is 9.57. The summed E-state index contributed by atoms with van der Waals surface area (Å²) in [7, 11) is 0. The van der Waals surface area contributed by atoms with E-state index in [2.05, 4.69) is 41.5 Å². The largest absolute Gasteiger partial charge is 0.325 e. The molecule has 0 heterocycles. The molecule has 0 amide bonds. The van der Waals surface area contributed by atoms with Crippen LogP contribution in [0, 0.1) is 11.3 Å².